The summed E-state index contributed by atoms with van der Waals surface area (Å²) < 4.78 is 2.05. The minimum atomic E-state index is 0.497. The fourth-order valence-electron chi connectivity index (χ4n) is 2.79. The molecule has 0 radical (unpaired) electrons. The van der Waals surface area contributed by atoms with Gasteiger partial charge in [-0.1, -0.05) is 41.9 Å². The summed E-state index contributed by atoms with van der Waals surface area (Å²) in [7, 11) is 1.00. The Morgan fingerprint density at radius 1 is 1.04 bits per heavy atom. The molecular formula is C18H17ClN4O. The van der Waals surface area contributed by atoms with Crippen LogP contribution in [0.15, 0.2) is 53.5 Å². The molecular weight excluding hydrogens is 324 g/mol. The minimum Gasteiger partial charge on any atom is -0.400 e. The summed E-state index contributed by atoms with van der Waals surface area (Å²) in [6.45, 7) is 2.44. The third-order valence-corrected chi connectivity index (χ3v) is 4.01. The van der Waals surface area contributed by atoms with Crippen LogP contribution in [0.25, 0.3) is 5.69 Å². The lowest BCUT2D eigenvalue weighted by Crippen LogP contribution is -2.08. The second kappa shape index (κ2) is 6.95. The summed E-state index contributed by atoms with van der Waals surface area (Å²) in [4.78, 5) is 4.77. The molecule has 3 aromatic rings. The van der Waals surface area contributed by atoms with E-state index in [2.05, 4.69) is 22.3 Å². The van der Waals surface area contributed by atoms with E-state index in [0.29, 0.717) is 11.6 Å². The molecule has 4 rings (SSSR count). The Kier molecular flexibility index (Phi) is 4.74. The van der Waals surface area contributed by atoms with E-state index in [0.717, 1.165) is 41.3 Å². The molecule has 6 heteroatoms. The average molecular weight is 341 g/mol. The average Bonchev–Trinajstić information content (AvgIpc) is 2.90. The highest BCUT2D eigenvalue weighted by Gasteiger charge is 2.21. The Balaban J connectivity index is 0.000000815. The third-order valence-electron chi connectivity index (χ3n) is 3.77. The van der Waals surface area contributed by atoms with Crippen LogP contribution in [0.2, 0.25) is 5.02 Å². The van der Waals surface area contributed by atoms with Crippen molar-refractivity contribution in [1.82, 2.24) is 14.8 Å². The number of aliphatic imine (C=N–C) groups is 1. The van der Waals surface area contributed by atoms with Crippen LogP contribution in [0, 0.1) is 6.92 Å². The smallest absolute Gasteiger partial charge is 0.159 e. The minimum absolute atomic E-state index is 0.497. The molecule has 122 valence electrons. The van der Waals surface area contributed by atoms with E-state index < -0.39 is 0 Å². The Hall–Kier alpha value is -2.50. The number of hydrogen-bond donors (Lipinski definition) is 1. The van der Waals surface area contributed by atoms with E-state index in [-0.39, 0.29) is 0 Å². The van der Waals surface area contributed by atoms with Crippen molar-refractivity contribution in [3.8, 4) is 5.69 Å². The monoisotopic (exact) mass is 340 g/mol. The number of hydrogen-bond acceptors (Lipinski definition) is 4. The van der Waals surface area contributed by atoms with E-state index in [9.17, 15) is 0 Å². The van der Waals surface area contributed by atoms with Crippen LogP contribution < -0.4 is 0 Å². The van der Waals surface area contributed by atoms with E-state index in [4.69, 9.17) is 21.7 Å². The van der Waals surface area contributed by atoms with Gasteiger partial charge in [-0.05, 0) is 25.1 Å². The number of halogens is 1. The van der Waals surface area contributed by atoms with Gasteiger partial charge in [0.25, 0.3) is 0 Å². The molecule has 0 saturated carbocycles. The highest BCUT2D eigenvalue weighted by atomic mass is 35.5. The van der Waals surface area contributed by atoms with Crippen LogP contribution in [-0.2, 0) is 6.54 Å². The molecule has 2 heterocycles. The first-order valence-electron chi connectivity index (χ1n) is 7.50. The number of nitrogens with zero attached hydrogens (tertiary/aromatic N) is 4. The van der Waals surface area contributed by atoms with Gasteiger partial charge in [0.05, 0.1) is 11.4 Å². The molecule has 0 spiro atoms. The van der Waals surface area contributed by atoms with Crippen LogP contribution in [0.3, 0.4) is 0 Å². The van der Waals surface area contributed by atoms with Gasteiger partial charge in [0.15, 0.2) is 5.82 Å². The molecule has 0 fully saturated rings. The van der Waals surface area contributed by atoms with E-state index >= 15 is 0 Å². The summed E-state index contributed by atoms with van der Waals surface area (Å²) in [5.74, 6) is 1.69. The maximum atomic E-state index is 7.00. The van der Waals surface area contributed by atoms with Crippen molar-refractivity contribution in [3.63, 3.8) is 0 Å². The van der Waals surface area contributed by atoms with Gasteiger partial charge in [0.1, 0.15) is 12.4 Å². The van der Waals surface area contributed by atoms with Crippen molar-refractivity contribution in [2.24, 2.45) is 4.99 Å². The van der Waals surface area contributed by atoms with Crippen LogP contribution in [0.1, 0.15) is 22.8 Å². The van der Waals surface area contributed by atoms with Gasteiger partial charge in [-0.2, -0.15) is 0 Å². The predicted octanol–water partition coefficient (Wildman–Crippen LogP) is 3.19. The first-order chi connectivity index (χ1) is 11.7. The van der Waals surface area contributed by atoms with E-state index in [1.165, 1.54) is 0 Å². The van der Waals surface area contributed by atoms with Gasteiger partial charge in [-0.25, -0.2) is 0 Å². The second-order valence-corrected chi connectivity index (χ2v) is 5.63. The fraction of sp³-hybridized carbons (Fsp3) is 0.167. The Bertz CT molecular complexity index is 887. The normalized spacial score (nSPS) is 12.2. The lowest BCUT2D eigenvalue weighted by molar-refractivity contribution is 0.399. The number of aliphatic hydroxyl groups excluding tert-OH is 1. The standard InChI is InChI=1S/C17H13ClN4.CH4O/c1-11-20-21-16-10-19-17(12-5-3-2-4-6-12)14-9-13(18)7-8-15(14)22(11)16;1-2/h2-9H,10H2,1H3;2H,1H3. The van der Waals surface area contributed by atoms with Crippen molar-refractivity contribution in [3.05, 3.63) is 76.3 Å². The summed E-state index contributed by atoms with van der Waals surface area (Å²) in [6, 6.07) is 16.0. The zero-order chi connectivity index (χ0) is 17.1. The number of benzene rings is 2. The third kappa shape index (κ3) is 2.84. The molecule has 24 heavy (non-hydrogen) atoms. The SMILES string of the molecule is CO.Cc1nnc2n1-c1ccc(Cl)cc1C(c1ccccc1)=NC2. The van der Waals surface area contributed by atoms with Crippen LogP contribution >= 0.6 is 11.6 Å². The maximum absolute atomic E-state index is 7.00. The fourth-order valence-corrected chi connectivity index (χ4v) is 2.96. The highest BCUT2D eigenvalue weighted by molar-refractivity contribution is 6.31. The first kappa shape index (κ1) is 16.4. The quantitative estimate of drug-likeness (QED) is 0.740. The Labute approximate surface area is 145 Å². The molecule has 1 N–H and O–H groups in total. The topological polar surface area (TPSA) is 63.3 Å². The number of aryl methyl sites for hydroxylation is 1. The first-order valence-corrected chi connectivity index (χ1v) is 7.87. The predicted molar refractivity (Wildman–Crippen MR) is 95.0 cm³/mol. The lowest BCUT2D eigenvalue weighted by Gasteiger charge is -2.12. The van der Waals surface area contributed by atoms with E-state index in [1.807, 2.05) is 47.9 Å². The highest BCUT2D eigenvalue weighted by Crippen LogP contribution is 2.27. The Morgan fingerprint density at radius 3 is 2.54 bits per heavy atom. The number of aliphatic hydroxyl groups is 1. The molecule has 1 aromatic heterocycles. The van der Waals surface area contributed by atoms with Crippen LogP contribution in [-0.4, -0.2) is 32.7 Å². The van der Waals surface area contributed by atoms with Gasteiger partial charge in [-0.15, -0.1) is 10.2 Å². The van der Waals surface area contributed by atoms with Crippen molar-refractivity contribution in [2.45, 2.75) is 13.5 Å². The largest absolute Gasteiger partial charge is 0.400 e. The molecule has 0 aliphatic carbocycles. The zero-order valence-electron chi connectivity index (χ0n) is 13.4. The number of fused-ring (bicyclic) bond motifs is 3. The van der Waals surface area contributed by atoms with Gasteiger partial charge < -0.3 is 5.11 Å². The van der Waals surface area contributed by atoms with Gasteiger partial charge >= 0.3 is 0 Å². The van der Waals surface area contributed by atoms with Crippen LogP contribution in [0.4, 0.5) is 0 Å². The molecule has 0 bridgehead atoms. The molecule has 0 amide bonds. The van der Waals surface area contributed by atoms with Crippen LogP contribution in [0.5, 0.6) is 0 Å². The maximum Gasteiger partial charge on any atom is 0.159 e. The summed E-state index contributed by atoms with van der Waals surface area (Å²) >= 11 is 6.23. The van der Waals surface area contributed by atoms with E-state index in [1.54, 1.807) is 0 Å². The molecule has 1 aliphatic rings. The zero-order valence-corrected chi connectivity index (χ0v) is 14.2. The Morgan fingerprint density at radius 2 is 1.79 bits per heavy atom. The van der Waals surface area contributed by atoms with Gasteiger partial charge in [0, 0.05) is 23.3 Å². The molecule has 0 atom stereocenters. The van der Waals surface area contributed by atoms with Gasteiger partial charge in [-0.3, -0.25) is 9.56 Å². The van der Waals surface area contributed by atoms with Crippen molar-refractivity contribution in [1.29, 1.82) is 0 Å². The summed E-state index contributed by atoms with van der Waals surface area (Å²) in [6.07, 6.45) is 0. The van der Waals surface area contributed by atoms with Crippen molar-refractivity contribution in [2.75, 3.05) is 7.11 Å². The second-order valence-electron chi connectivity index (χ2n) is 5.19. The number of aromatic nitrogens is 3. The molecule has 5 nitrogen and oxygen atoms in total. The van der Waals surface area contributed by atoms with Crippen molar-refractivity contribution >= 4 is 17.3 Å². The molecule has 1 aliphatic heterocycles. The molecule has 2 aromatic carbocycles. The number of rotatable bonds is 1. The van der Waals surface area contributed by atoms with Gasteiger partial charge in [0.2, 0.25) is 0 Å². The van der Waals surface area contributed by atoms with Crippen molar-refractivity contribution < 1.29 is 5.11 Å². The molecule has 0 unspecified atom stereocenters. The summed E-state index contributed by atoms with van der Waals surface area (Å²) in [5.41, 5.74) is 4.02. The molecule has 0 saturated heterocycles. The summed E-state index contributed by atoms with van der Waals surface area (Å²) in [5, 5.41) is 16.1. The lowest BCUT2D eigenvalue weighted by atomic mass is 10.0.